The third-order valence-electron chi connectivity index (χ3n) is 2.86. The van der Waals surface area contributed by atoms with E-state index in [4.69, 9.17) is 0 Å². The normalized spacial score (nSPS) is 18.5. The molecule has 6 nitrogen and oxygen atoms in total. The van der Waals surface area contributed by atoms with Crippen LogP contribution in [-0.4, -0.2) is 30.0 Å². The van der Waals surface area contributed by atoms with Gasteiger partial charge in [0.1, 0.15) is 10.7 Å². The largest absolute Gasteiger partial charge is 0.300 e. The molecule has 94 valence electrons. The quantitative estimate of drug-likeness (QED) is 0.839. The summed E-state index contributed by atoms with van der Waals surface area (Å²) in [7, 11) is -1.84. The van der Waals surface area contributed by atoms with E-state index in [9.17, 15) is 13.2 Å². The van der Waals surface area contributed by atoms with Crippen molar-refractivity contribution in [1.82, 2.24) is 14.5 Å². The number of nitrogens with zero attached hydrogens (tertiary/aromatic N) is 2. The number of aromatic nitrogens is 2. The maximum atomic E-state index is 11.9. The Morgan fingerprint density at radius 2 is 2.06 bits per heavy atom. The average molecular weight is 257 g/mol. The summed E-state index contributed by atoms with van der Waals surface area (Å²) >= 11 is 0. The maximum absolute atomic E-state index is 11.9. The van der Waals surface area contributed by atoms with Crippen LogP contribution in [0.15, 0.2) is 17.3 Å². The van der Waals surface area contributed by atoms with Crippen LogP contribution in [0.3, 0.4) is 0 Å². The van der Waals surface area contributed by atoms with Gasteiger partial charge < -0.3 is 0 Å². The highest BCUT2D eigenvalue weighted by Gasteiger charge is 2.25. The summed E-state index contributed by atoms with van der Waals surface area (Å²) < 4.78 is 27.9. The van der Waals surface area contributed by atoms with Crippen LogP contribution < -0.4 is 4.72 Å². The van der Waals surface area contributed by atoms with Crippen LogP contribution in [0, 0.1) is 0 Å². The van der Waals surface area contributed by atoms with Crippen molar-refractivity contribution >= 4 is 15.8 Å². The molecule has 1 aromatic heterocycles. The highest BCUT2D eigenvalue weighted by atomic mass is 32.2. The van der Waals surface area contributed by atoms with E-state index in [-0.39, 0.29) is 16.7 Å². The number of carbonyl (C=O) groups excluding carboxylic acids is 1. The molecule has 0 bridgehead atoms. The molecule has 0 spiro atoms. The van der Waals surface area contributed by atoms with Crippen LogP contribution in [0.4, 0.5) is 0 Å². The first-order chi connectivity index (χ1) is 7.97. The van der Waals surface area contributed by atoms with Crippen molar-refractivity contribution in [2.75, 3.05) is 0 Å². The minimum Gasteiger partial charge on any atom is -0.300 e. The molecule has 2 rings (SSSR count). The van der Waals surface area contributed by atoms with E-state index in [1.54, 1.807) is 7.05 Å². The van der Waals surface area contributed by atoms with Gasteiger partial charge in [-0.3, -0.25) is 9.48 Å². The zero-order valence-electron chi connectivity index (χ0n) is 9.59. The fraction of sp³-hybridized carbons (Fsp3) is 0.600. The summed E-state index contributed by atoms with van der Waals surface area (Å²) in [5.74, 6) is 0.210. The number of sulfonamides is 1. The van der Waals surface area contributed by atoms with Crippen molar-refractivity contribution in [3.63, 3.8) is 0 Å². The highest BCUT2D eigenvalue weighted by Crippen LogP contribution is 2.17. The van der Waals surface area contributed by atoms with Gasteiger partial charge in [-0.2, -0.15) is 5.10 Å². The van der Waals surface area contributed by atoms with Gasteiger partial charge in [-0.1, -0.05) is 0 Å². The number of Topliss-reactive ketones (excluding diaryl/α,β-unsaturated/α-hetero) is 1. The van der Waals surface area contributed by atoms with Crippen molar-refractivity contribution in [2.24, 2.45) is 7.05 Å². The predicted molar refractivity (Wildman–Crippen MR) is 60.8 cm³/mol. The molecule has 0 unspecified atom stereocenters. The topological polar surface area (TPSA) is 81.1 Å². The van der Waals surface area contributed by atoms with E-state index in [1.165, 1.54) is 17.1 Å². The number of carbonyl (C=O) groups is 1. The molecule has 7 heteroatoms. The molecule has 0 atom stereocenters. The van der Waals surface area contributed by atoms with Gasteiger partial charge in [-0.05, 0) is 12.8 Å². The van der Waals surface area contributed by atoms with Gasteiger partial charge in [0.25, 0.3) is 0 Å². The van der Waals surface area contributed by atoms with Gasteiger partial charge in [0.15, 0.2) is 0 Å². The summed E-state index contributed by atoms with van der Waals surface area (Å²) in [5, 5.41) is 3.83. The summed E-state index contributed by atoms with van der Waals surface area (Å²) in [4.78, 5) is 11.2. The molecule has 1 saturated carbocycles. The zero-order chi connectivity index (χ0) is 12.5. The Morgan fingerprint density at radius 3 is 2.59 bits per heavy atom. The Bertz CT molecular complexity index is 511. The Hall–Kier alpha value is -1.21. The number of hydrogen-bond acceptors (Lipinski definition) is 4. The molecule has 17 heavy (non-hydrogen) atoms. The second kappa shape index (κ2) is 4.58. The fourth-order valence-corrected chi connectivity index (χ4v) is 3.17. The van der Waals surface area contributed by atoms with Crippen LogP contribution in [0.25, 0.3) is 0 Å². The number of rotatable bonds is 3. The first-order valence-corrected chi connectivity index (χ1v) is 6.98. The molecule has 0 radical (unpaired) electrons. The maximum Gasteiger partial charge on any atom is 0.243 e. The monoisotopic (exact) mass is 257 g/mol. The van der Waals surface area contributed by atoms with E-state index in [2.05, 4.69) is 9.82 Å². The van der Waals surface area contributed by atoms with E-state index >= 15 is 0 Å². The fourth-order valence-electron chi connectivity index (χ4n) is 1.88. The summed E-state index contributed by atoms with van der Waals surface area (Å²) in [6, 6.07) is -0.141. The number of hydrogen-bond donors (Lipinski definition) is 1. The first kappa shape index (κ1) is 12.3. The zero-order valence-corrected chi connectivity index (χ0v) is 10.4. The number of nitrogens with one attached hydrogen (secondary N) is 1. The Balaban J connectivity index is 2.05. The molecule has 1 fully saturated rings. The van der Waals surface area contributed by atoms with E-state index < -0.39 is 10.0 Å². The van der Waals surface area contributed by atoms with Crippen LogP contribution in [-0.2, 0) is 21.9 Å². The van der Waals surface area contributed by atoms with Crippen LogP contribution in [0.5, 0.6) is 0 Å². The molecular formula is C10H15N3O3S. The molecule has 0 aromatic carbocycles. The predicted octanol–water partition coefficient (Wildman–Crippen LogP) is 0.210. The third-order valence-corrected chi connectivity index (χ3v) is 4.33. The highest BCUT2D eigenvalue weighted by molar-refractivity contribution is 7.89. The van der Waals surface area contributed by atoms with E-state index in [1.807, 2.05) is 0 Å². The van der Waals surface area contributed by atoms with Crippen LogP contribution >= 0.6 is 0 Å². The lowest BCUT2D eigenvalue weighted by molar-refractivity contribution is -0.120. The van der Waals surface area contributed by atoms with Crippen LogP contribution in [0.2, 0.25) is 0 Å². The lowest BCUT2D eigenvalue weighted by atomic mass is 9.95. The van der Waals surface area contributed by atoms with Gasteiger partial charge in [0.2, 0.25) is 10.0 Å². The van der Waals surface area contributed by atoms with Gasteiger partial charge >= 0.3 is 0 Å². The van der Waals surface area contributed by atoms with E-state index in [0.29, 0.717) is 25.7 Å². The standard InChI is InChI=1S/C10H15N3O3S/c1-13-7-10(6-11-13)17(15,16)12-8-2-4-9(14)5-3-8/h6-8,12H,2-5H2,1H3. The minimum atomic E-state index is -3.50. The summed E-state index contributed by atoms with van der Waals surface area (Å²) in [5.41, 5.74) is 0. The van der Waals surface area contributed by atoms with Gasteiger partial charge in [0.05, 0.1) is 6.20 Å². The summed E-state index contributed by atoms with van der Waals surface area (Å²) in [6.07, 6.45) is 4.85. The third kappa shape index (κ3) is 2.92. The number of ketones is 1. The smallest absolute Gasteiger partial charge is 0.243 e. The molecule has 0 saturated heterocycles. The Morgan fingerprint density at radius 1 is 1.41 bits per heavy atom. The lowest BCUT2D eigenvalue weighted by Gasteiger charge is -2.21. The van der Waals surface area contributed by atoms with Crippen molar-refractivity contribution in [2.45, 2.75) is 36.6 Å². The molecule has 0 amide bonds. The lowest BCUT2D eigenvalue weighted by Crippen LogP contribution is -2.37. The molecule has 0 aliphatic heterocycles. The van der Waals surface area contributed by atoms with Crippen molar-refractivity contribution in [3.05, 3.63) is 12.4 Å². The van der Waals surface area contributed by atoms with Gasteiger partial charge in [-0.25, -0.2) is 13.1 Å². The molecule has 1 aliphatic carbocycles. The molecule has 1 aliphatic rings. The van der Waals surface area contributed by atoms with Crippen molar-refractivity contribution in [1.29, 1.82) is 0 Å². The SMILES string of the molecule is Cn1cc(S(=O)(=O)NC2CCC(=O)CC2)cn1. The first-order valence-electron chi connectivity index (χ1n) is 5.50. The van der Waals surface area contributed by atoms with Gasteiger partial charge in [0, 0.05) is 32.1 Å². The van der Waals surface area contributed by atoms with Crippen molar-refractivity contribution < 1.29 is 13.2 Å². The average Bonchev–Trinajstić information content (AvgIpc) is 2.69. The summed E-state index contributed by atoms with van der Waals surface area (Å²) in [6.45, 7) is 0. The second-order valence-electron chi connectivity index (χ2n) is 4.28. The van der Waals surface area contributed by atoms with E-state index in [0.717, 1.165) is 0 Å². The molecule has 1 N–H and O–H groups in total. The molecule has 1 heterocycles. The Kier molecular flexibility index (Phi) is 3.30. The van der Waals surface area contributed by atoms with Crippen molar-refractivity contribution in [3.8, 4) is 0 Å². The minimum absolute atomic E-state index is 0.141. The molecule has 1 aromatic rings. The second-order valence-corrected chi connectivity index (χ2v) is 6.00. The molecular weight excluding hydrogens is 242 g/mol. The van der Waals surface area contributed by atoms with Gasteiger partial charge in [-0.15, -0.1) is 0 Å². The Labute approximate surface area is 100 Å². The number of aryl methyl sites for hydroxylation is 1. The van der Waals surface area contributed by atoms with Crippen LogP contribution in [0.1, 0.15) is 25.7 Å².